The van der Waals surface area contributed by atoms with Gasteiger partial charge in [0.15, 0.2) is 5.82 Å². The van der Waals surface area contributed by atoms with Crippen molar-refractivity contribution in [2.45, 2.75) is 19.9 Å². The van der Waals surface area contributed by atoms with Gasteiger partial charge in [-0.05, 0) is 44.2 Å². The van der Waals surface area contributed by atoms with Gasteiger partial charge in [-0.3, -0.25) is 4.98 Å². The Kier molecular flexibility index (Phi) is 3.87. The first-order valence-electron chi connectivity index (χ1n) is 6.06. The Balaban J connectivity index is 2.45. The second-order valence-electron chi connectivity index (χ2n) is 4.42. The van der Waals surface area contributed by atoms with Crippen LogP contribution >= 0.6 is 0 Å². The van der Waals surface area contributed by atoms with Crippen molar-refractivity contribution in [3.63, 3.8) is 0 Å². The quantitative estimate of drug-likeness (QED) is 0.820. The van der Waals surface area contributed by atoms with Crippen LogP contribution in [0.1, 0.15) is 13.8 Å². The summed E-state index contributed by atoms with van der Waals surface area (Å²) in [5.74, 6) is 0.602. The molecule has 98 valence electrons. The predicted molar refractivity (Wildman–Crippen MR) is 78.2 cm³/mol. The minimum absolute atomic E-state index is 0.204. The molecule has 0 fully saturated rings. The van der Waals surface area contributed by atoms with E-state index in [4.69, 9.17) is 11.5 Å². The monoisotopic (exact) mass is 255 g/mol. The number of nitrogens with two attached hydrogens (primary N) is 2. The van der Waals surface area contributed by atoms with Gasteiger partial charge in [0.25, 0.3) is 0 Å². The van der Waals surface area contributed by atoms with Crippen molar-refractivity contribution in [1.82, 2.24) is 9.97 Å². The number of nitrogens with zero attached hydrogens (tertiary/aromatic N) is 3. The zero-order valence-electron chi connectivity index (χ0n) is 11.0. The highest BCUT2D eigenvalue weighted by molar-refractivity contribution is 6.00. The maximum atomic E-state index is 5.87. The van der Waals surface area contributed by atoms with E-state index in [1.165, 1.54) is 0 Å². The summed E-state index contributed by atoms with van der Waals surface area (Å²) in [7, 11) is 0. The number of aliphatic imine (C=N–C) groups is 1. The lowest BCUT2D eigenvalue weighted by Crippen LogP contribution is -2.25. The Morgan fingerprint density at radius 1 is 1.32 bits per heavy atom. The van der Waals surface area contributed by atoms with Crippen LogP contribution < -0.4 is 11.5 Å². The highest BCUT2D eigenvalue weighted by Gasteiger charge is 2.04. The number of allylic oxidation sites excluding steroid dienone is 1. The van der Waals surface area contributed by atoms with Crippen LogP contribution in [-0.2, 0) is 0 Å². The second kappa shape index (κ2) is 5.58. The smallest absolute Gasteiger partial charge is 0.153 e. The molecule has 0 aliphatic carbocycles. The first kappa shape index (κ1) is 13.2. The van der Waals surface area contributed by atoms with Crippen LogP contribution in [0, 0.1) is 0 Å². The molecule has 2 rings (SSSR count). The largest absolute Gasteiger partial charge is 0.402 e. The molecule has 0 aromatic carbocycles. The average Bonchev–Trinajstić information content (AvgIpc) is 2.37. The van der Waals surface area contributed by atoms with Gasteiger partial charge in [-0.1, -0.05) is 0 Å². The van der Waals surface area contributed by atoms with Gasteiger partial charge in [-0.15, -0.1) is 0 Å². The van der Waals surface area contributed by atoms with Crippen LogP contribution in [0.2, 0.25) is 0 Å². The minimum atomic E-state index is -0.204. The minimum Gasteiger partial charge on any atom is -0.402 e. The summed E-state index contributed by atoms with van der Waals surface area (Å²) in [5.41, 5.74) is 14.6. The highest BCUT2D eigenvalue weighted by atomic mass is 14.9. The Morgan fingerprint density at radius 2 is 2.11 bits per heavy atom. The molecule has 5 nitrogen and oxygen atoms in total. The summed E-state index contributed by atoms with van der Waals surface area (Å²) >= 11 is 0. The molecule has 1 unspecified atom stereocenters. The molecular weight excluding hydrogens is 238 g/mol. The topological polar surface area (TPSA) is 90.2 Å². The number of rotatable bonds is 3. The van der Waals surface area contributed by atoms with Crippen LogP contribution in [-0.4, -0.2) is 21.7 Å². The van der Waals surface area contributed by atoms with E-state index in [1.54, 1.807) is 19.2 Å². The van der Waals surface area contributed by atoms with Crippen molar-refractivity contribution < 1.29 is 0 Å². The van der Waals surface area contributed by atoms with Crippen molar-refractivity contribution >= 4 is 22.6 Å². The summed E-state index contributed by atoms with van der Waals surface area (Å²) in [6, 6.07) is 7.25. The number of hydrogen-bond donors (Lipinski definition) is 2. The van der Waals surface area contributed by atoms with E-state index in [0.29, 0.717) is 17.2 Å². The fourth-order valence-corrected chi connectivity index (χ4v) is 1.64. The first-order valence-corrected chi connectivity index (χ1v) is 6.06. The lowest BCUT2D eigenvalue weighted by molar-refractivity contribution is 0.974. The molecule has 2 aromatic heterocycles. The SMILES string of the molecule is C/C(N)=C/C(=Nc1ccc2ncccc2n1)C(C)N. The van der Waals surface area contributed by atoms with Gasteiger partial charge in [0.1, 0.15) is 0 Å². The summed E-state index contributed by atoms with van der Waals surface area (Å²) in [6.45, 7) is 3.66. The number of hydrogen-bond acceptors (Lipinski definition) is 5. The van der Waals surface area contributed by atoms with Gasteiger partial charge in [0.2, 0.25) is 0 Å². The molecular formula is C14H17N5. The average molecular weight is 255 g/mol. The van der Waals surface area contributed by atoms with E-state index in [2.05, 4.69) is 15.0 Å². The summed E-state index contributed by atoms with van der Waals surface area (Å²) < 4.78 is 0. The Labute approximate surface area is 112 Å². The van der Waals surface area contributed by atoms with Crippen molar-refractivity contribution in [1.29, 1.82) is 0 Å². The number of pyridine rings is 2. The van der Waals surface area contributed by atoms with Gasteiger partial charge in [0.05, 0.1) is 16.7 Å². The normalized spacial score (nSPS) is 14.7. The van der Waals surface area contributed by atoms with Crippen molar-refractivity contribution in [3.8, 4) is 0 Å². The number of aromatic nitrogens is 2. The Hall–Kier alpha value is -2.27. The van der Waals surface area contributed by atoms with E-state index in [9.17, 15) is 0 Å². The third-order valence-electron chi connectivity index (χ3n) is 2.53. The molecule has 2 aromatic rings. The van der Waals surface area contributed by atoms with Crippen molar-refractivity contribution in [2.24, 2.45) is 16.5 Å². The maximum Gasteiger partial charge on any atom is 0.153 e. The molecule has 2 heterocycles. The van der Waals surface area contributed by atoms with Crippen LogP contribution in [0.15, 0.2) is 47.2 Å². The number of fused-ring (bicyclic) bond motifs is 1. The molecule has 1 atom stereocenters. The molecule has 0 saturated carbocycles. The van der Waals surface area contributed by atoms with Gasteiger partial charge < -0.3 is 11.5 Å². The molecule has 19 heavy (non-hydrogen) atoms. The molecule has 0 aliphatic rings. The highest BCUT2D eigenvalue weighted by Crippen LogP contribution is 2.15. The zero-order chi connectivity index (χ0) is 13.8. The summed E-state index contributed by atoms with van der Waals surface area (Å²) in [5, 5.41) is 0. The zero-order valence-corrected chi connectivity index (χ0v) is 11.0. The van der Waals surface area contributed by atoms with Gasteiger partial charge in [0, 0.05) is 17.9 Å². The predicted octanol–water partition coefficient (Wildman–Crippen LogP) is 1.91. The van der Waals surface area contributed by atoms with Gasteiger partial charge >= 0.3 is 0 Å². The van der Waals surface area contributed by atoms with Crippen LogP contribution in [0.5, 0.6) is 0 Å². The molecule has 0 saturated heterocycles. The molecule has 0 spiro atoms. The first-order chi connectivity index (χ1) is 9.06. The molecule has 0 aliphatic heterocycles. The lowest BCUT2D eigenvalue weighted by atomic mass is 10.2. The Bertz CT molecular complexity index is 639. The van der Waals surface area contributed by atoms with E-state index in [1.807, 2.05) is 31.2 Å². The molecule has 4 N–H and O–H groups in total. The third kappa shape index (κ3) is 3.35. The van der Waals surface area contributed by atoms with Crippen LogP contribution in [0.25, 0.3) is 11.0 Å². The maximum absolute atomic E-state index is 5.87. The molecule has 0 bridgehead atoms. The molecule has 0 amide bonds. The molecule has 5 heteroatoms. The third-order valence-corrected chi connectivity index (χ3v) is 2.53. The standard InChI is InChI=1S/C14H17N5/c1-9(15)8-13(10(2)16)19-14-6-5-11-12(18-14)4-3-7-17-11/h3-8,10H,15-16H2,1-2H3/b9-8-,19-13?. The van der Waals surface area contributed by atoms with Crippen LogP contribution in [0.4, 0.5) is 5.82 Å². The fraction of sp³-hybridized carbons (Fsp3) is 0.214. The van der Waals surface area contributed by atoms with Gasteiger partial charge in [-0.25, -0.2) is 9.98 Å². The van der Waals surface area contributed by atoms with E-state index in [-0.39, 0.29) is 6.04 Å². The summed E-state index contributed by atoms with van der Waals surface area (Å²) in [6.07, 6.45) is 3.50. The van der Waals surface area contributed by atoms with E-state index < -0.39 is 0 Å². The fourth-order valence-electron chi connectivity index (χ4n) is 1.64. The molecule has 0 radical (unpaired) electrons. The second-order valence-corrected chi connectivity index (χ2v) is 4.42. The van der Waals surface area contributed by atoms with Gasteiger partial charge in [-0.2, -0.15) is 0 Å². The van der Waals surface area contributed by atoms with Crippen molar-refractivity contribution in [3.05, 3.63) is 42.2 Å². The Morgan fingerprint density at radius 3 is 2.79 bits per heavy atom. The summed E-state index contributed by atoms with van der Waals surface area (Å²) in [4.78, 5) is 13.1. The van der Waals surface area contributed by atoms with E-state index in [0.717, 1.165) is 11.0 Å². The van der Waals surface area contributed by atoms with Crippen molar-refractivity contribution in [2.75, 3.05) is 0 Å². The van der Waals surface area contributed by atoms with E-state index >= 15 is 0 Å². The van der Waals surface area contributed by atoms with Crippen LogP contribution in [0.3, 0.4) is 0 Å². The lowest BCUT2D eigenvalue weighted by Gasteiger charge is -2.06.